The summed E-state index contributed by atoms with van der Waals surface area (Å²) < 4.78 is 36.1. The number of fused-ring (bicyclic) bond motifs is 3. The predicted octanol–water partition coefficient (Wildman–Crippen LogP) is 7.14. The minimum Gasteiger partial charge on any atom is -0.467 e. The summed E-state index contributed by atoms with van der Waals surface area (Å²) in [6.07, 6.45) is -5.00. The lowest BCUT2D eigenvalue weighted by atomic mass is 9.98. The van der Waals surface area contributed by atoms with E-state index in [1.165, 1.54) is 18.9 Å². The molecule has 1 saturated heterocycles. The lowest BCUT2D eigenvalue weighted by Gasteiger charge is -2.44. The van der Waals surface area contributed by atoms with E-state index in [0.717, 1.165) is 33.4 Å². The van der Waals surface area contributed by atoms with Crippen LogP contribution < -0.4 is 0 Å². The van der Waals surface area contributed by atoms with Crippen LogP contribution in [0.15, 0.2) is 109 Å². The van der Waals surface area contributed by atoms with E-state index in [1.54, 1.807) is 0 Å². The molecule has 1 aliphatic carbocycles. The van der Waals surface area contributed by atoms with E-state index in [1.807, 2.05) is 104 Å². The topological polar surface area (TPSA) is 89.5 Å². The second kappa shape index (κ2) is 15.6. The summed E-state index contributed by atoms with van der Waals surface area (Å²) in [5.41, 5.74) is 5.65. The van der Waals surface area contributed by atoms with E-state index >= 15 is 0 Å². The maximum Gasteiger partial charge on any atom is 0.508 e. The molecule has 5 atom stereocenters. The van der Waals surface area contributed by atoms with Gasteiger partial charge in [-0.25, -0.2) is 9.59 Å². The highest BCUT2D eigenvalue weighted by Crippen LogP contribution is 2.44. The van der Waals surface area contributed by atoms with E-state index in [9.17, 15) is 9.59 Å². The maximum absolute atomic E-state index is 13.5. The minimum absolute atomic E-state index is 0.0567. The van der Waals surface area contributed by atoms with Gasteiger partial charge in [-0.05, 0) is 39.1 Å². The van der Waals surface area contributed by atoms with Gasteiger partial charge in [0.1, 0.15) is 24.3 Å². The molecule has 4 aromatic carbocycles. The molecule has 244 valence electrons. The first kappa shape index (κ1) is 32.8. The van der Waals surface area contributed by atoms with Crippen molar-refractivity contribution < 1.29 is 38.0 Å². The SMILES string of the molecule is CCS[C@@H]1O[C@@H](C(=O)OC)[C@@H](OC(=O)OCC2c3ccccc3-c3ccccc32)[C@H](OCc2ccccc2)[C@H]1OCc1ccccc1. The van der Waals surface area contributed by atoms with Crippen LogP contribution in [0.1, 0.15) is 35.1 Å². The number of hydrogen-bond acceptors (Lipinski definition) is 9. The second-order valence-electron chi connectivity index (χ2n) is 11.3. The molecule has 2 aliphatic rings. The van der Waals surface area contributed by atoms with Crippen molar-refractivity contribution in [2.24, 2.45) is 0 Å². The van der Waals surface area contributed by atoms with Gasteiger partial charge in [-0.3, -0.25) is 0 Å². The highest BCUT2D eigenvalue weighted by atomic mass is 32.2. The summed E-state index contributed by atoms with van der Waals surface area (Å²) >= 11 is 1.48. The van der Waals surface area contributed by atoms with Gasteiger partial charge in [0.2, 0.25) is 0 Å². The third-order valence-corrected chi connectivity index (χ3v) is 9.43. The highest BCUT2D eigenvalue weighted by molar-refractivity contribution is 7.99. The average Bonchev–Trinajstić information content (AvgIpc) is 3.44. The Bertz CT molecular complexity index is 1590. The van der Waals surface area contributed by atoms with Crippen molar-refractivity contribution in [1.82, 2.24) is 0 Å². The molecule has 0 N–H and O–H groups in total. The lowest BCUT2D eigenvalue weighted by molar-refractivity contribution is -0.238. The molecule has 0 radical (unpaired) electrons. The fourth-order valence-electron chi connectivity index (χ4n) is 6.18. The molecular weight excluding hydrogens is 616 g/mol. The van der Waals surface area contributed by atoms with Crippen molar-refractivity contribution in [2.75, 3.05) is 19.5 Å². The fraction of sp³-hybridized carbons (Fsp3) is 0.316. The minimum atomic E-state index is -1.26. The van der Waals surface area contributed by atoms with Crippen LogP contribution in [0.25, 0.3) is 11.1 Å². The smallest absolute Gasteiger partial charge is 0.467 e. The summed E-state index contributed by atoms with van der Waals surface area (Å²) in [5.74, 6) is -0.156. The molecule has 1 heterocycles. The third-order valence-electron chi connectivity index (χ3n) is 8.39. The number of methoxy groups -OCH3 is 1. The molecule has 1 fully saturated rings. The largest absolute Gasteiger partial charge is 0.508 e. The molecule has 1 aliphatic heterocycles. The Balaban J connectivity index is 1.26. The van der Waals surface area contributed by atoms with Crippen LogP contribution in [0.3, 0.4) is 0 Å². The molecule has 0 saturated carbocycles. The number of carbonyl (C=O) groups excluding carboxylic acids is 2. The summed E-state index contributed by atoms with van der Waals surface area (Å²) in [6, 6.07) is 35.6. The van der Waals surface area contributed by atoms with E-state index in [2.05, 4.69) is 12.1 Å². The summed E-state index contributed by atoms with van der Waals surface area (Å²) in [5, 5.41) is 0. The van der Waals surface area contributed by atoms with Gasteiger partial charge in [0.15, 0.2) is 12.2 Å². The quantitative estimate of drug-likeness (QED) is 0.148. The first-order valence-electron chi connectivity index (χ1n) is 15.7. The van der Waals surface area contributed by atoms with Crippen LogP contribution >= 0.6 is 11.8 Å². The summed E-state index contributed by atoms with van der Waals surface area (Å²) in [4.78, 5) is 26.7. The number of ether oxygens (including phenoxy) is 6. The number of carbonyl (C=O) groups is 2. The predicted molar refractivity (Wildman–Crippen MR) is 179 cm³/mol. The van der Waals surface area contributed by atoms with Crippen molar-refractivity contribution in [3.05, 3.63) is 131 Å². The third kappa shape index (κ3) is 7.55. The molecule has 0 bridgehead atoms. The Morgan fingerprint density at radius 1 is 0.702 bits per heavy atom. The second-order valence-corrected chi connectivity index (χ2v) is 12.7. The van der Waals surface area contributed by atoms with Crippen molar-refractivity contribution in [3.8, 4) is 11.1 Å². The van der Waals surface area contributed by atoms with Gasteiger partial charge >= 0.3 is 12.1 Å². The van der Waals surface area contributed by atoms with Crippen molar-refractivity contribution >= 4 is 23.9 Å². The number of esters is 1. The van der Waals surface area contributed by atoms with Crippen molar-refractivity contribution in [3.63, 3.8) is 0 Å². The Labute approximate surface area is 279 Å². The molecule has 9 heteroatoms. The number of hydrogen-bond donors (Lipinski definition) is 0. The zero-order valence-electron chi connectivity index (χ0n) is 26.4. The molecule has 6 rings (SSSR count). The van der Waals surface area contributed by atoms with Gasteiger partial charge in [0, 0.05) is 5.92 Å². The molecule has 4 aromatic rings. The van der Waals surface area contributed by atoms with Gasteiger partial charge in [0.25, 0.3) is 0 Å². The van der Waals surface area contributed by atoms with Crippen LogP contribution in [-0.4, -0.2) is 61.4 Å². The maximum atomic E-state index is 13.5. The summed E-state index contributed by atoms with van der Waals surface area (Å²) in [7, 11) is 1.27. The molecule has 0 unspecified atom stereocenters. The van der Waals surface area contributed by atoms with Crippen molar-refractivity contribution in [1.29, 1.82) is 0 Å². The highest BCUT2D eigenvalue weighted by Gasteiger charge is 2.53. The Morgan fingerprint density at radius 2 is 1.23 bits per heavy atom. The van der Waals surface area contributed by atoms with E-state index in [-0.39, 0.29) is 25.7 Å². The van der Waals surface area contributed by atoms with Crippen LogP contribution in [-0.2, 0) is 46.4 Å². The number of thioether (sulfide) groups is 1. The van der Waals surface area contributed by atoms with E-state index in [0.29, 0.717) is 5.75 Å². The molecule has 0 amide bonds. The standard InChI is InChI=1S/C38H38O8S/c1-3-47-37-35(43-23-26-16-8-5-9-17-26)32(42-22-25-14-6-4-7-15-25)33(34(45-37)36(39)41-2)46-38(40)44-24-31-29-20-12-10-18-27(29)28-19-11-13-21-30(28)31/h4-21,31-35,37H,3,22-24H2,1-2H3/t32-,33-,34+,35+,37-/m0/s1. The van der Waals surface area contributed by atoms with Gasteiger partial charge in [-0.15, -0.1) is 11.8 Å². The average molecular weight is 655 g/mol. The van der Waals surface area contributed by atoms with Gasteiger partial charge < -0.3 is 28.4 Å². The molecule has 47 heavy (non-hydrogen) atoms. The first-order chi connectivity index (χ1) is 23.1. The van der Waals surface area contributed by atoms with Crippen LogP contribution in [0, 0.1) is 0 Å². The lowest BCUT2D eigenvalue weighted by Crippen LogP contribution is -2.62. The molecular formula is C38H38O8S. The van der Waals surface area contributed by atoms with Gasteiger partial charge in [0.05, 0.1) is 20.3 Å². The molecule has 0 spiro atoms. The first-order valence-corrected chi connectivity index (χ1v) is 16.8. The number of rotatable bonds is 12. The van der Waals surface area contributed by atoms with Crippen LogP contribution in [0.5, 0.6) is 0 Å². The van der Waals surface area contributed by atoms with Crippen LogP contribution in [0.2, 0.25) is 0 Å². The zero-order chi connectivity index (χ0) is 32.6. The van der Waals surface area contributed by atoms with E-state index in [4.69, 9.17) is 28.4 Å². The van der Waals surface area contributed by atoms with E-state index < -0.39 is 42.0 Å². The van der Waals surface area contributed by atoms with Crippen molar-refractivity contribution in [2.45, 2.75) is 55.9 Å². The normalized spacial score (nSPS) is 21.8. The molecule has 0 aromatic heterocycles. The fourth-order valence-corrected chi connectivity index (χ4v) is 7.13. The molecule has 8 nitrogen and oxygen atoms in total. The zero-order valence-corrected chi connectivity index (χ0v) is 27.2. The van der Waals surface area contributed by atoms with Gasteiger partial charge in [-0.2, -0.15) is 0 Å². The Hall–Kier alpha value is -4.15. The number of benzene rings is 4. The monoisotopic (exact) mass is 654 g/mol. The Kier molecular flexibility index (Phi) is 10.9. The van der Waals surface area contributed by atoms with Crippen LogP contribution in [0.4, 0.5) is 4.79 Å². The summed E-state index contributed by atoms with van der Waals surface area (Å²) in [6.45, 7) is 2.51. The van der Waals surface area contributed by atoms with Gasteiger partial charge in [-0.1, -0.05) is 116 Å². The Morgan fingerprint density at radius 3 is 1.79 bits per heavy atom.